The predicted molar refractivity (Wildman–Crippen MR) is 91.9 cm³/mol. The summed E-state index contributed by atoms with van der Waals surface area (Å²) in [6, 6.07) is 8.77. The zero-order valence-electron chi connectivity index (χ0n) is 12.4. The number of aryl methyl sites for hydroxylation is 2. The lowest BCUT2D eigenvalue weighted by molar-refractivity contribution is 0.563. The van der Waals surface area contributed by atoms with E-state index in [1.807, 2.05) is 0 Å². The van der Waals surface area contributed by atoms with Gasteiger partial charge in [0.25, 0.3) is 0 Å². The molecular formula is C16H18BrN3S. The van der Waals surface area contributed by atoms with Gasteiger partial charge in [-0.15, -0.1) is 11.3 Å². The Morgan fingerprint density at radius 3 is 2.71 bits per heavy atom. The van der Waals surface area contributed by atoms with Crippen molar-refractivity contribution < 1.29 is 0 Å². The molecule has 0 saturated heterocycles. The fourth-order valence-electron chi connectivity index (χ4n) is 2.49. The summed E-state index contributed by atoms with van der Waals surface area (Å²) in [5.74, 6) is 0. The van der Waals surface area contributed by atoms with Gasteiger partial charge in [0.2, 0.25) is 0 Å². The van der Waals surface area contributed by atoms with Crippen molar-refractivity contribution in [2.24, 2.45) is 0 Å². The van der Waals surface area contributed by atoms with Crippen LogP contribution in [0.2, 0.25) is 0 Å². The molecule has 1 N–H and O–H groups in total. The number of nitrogens with one attached hydrogen (secondary N) is 1. The number of rotatable bonds is 4. The van der Waals surface area contributed by atoms with Crippen LogP contribution >= 0.6 is 27.3 Å². The first-order valence-electron chi connectivity index (χ1n) is 6.97. The van der Waals surface area contributed by atoms with Gasteiger partial charge >= 0.3 is 0 Å². The average molecular weight is 364 g/mol. The van der Waals surface area contributed by atoms with Gasteiger partial charge in [-0.1, -0.05) is 28.1 Å². The largest absolute Gasteiger partial charge is 0.305 e. The van der Waals surface area contributed by atoms with Gasteiger partial charge in [-0.3, -0.25) is 4.40 Å². The highest BCUT2D eigenvalue weighted by molar-refractivity contribution is 9.10. The minimum atomic E-state index is 0.307. The molecule has 3 aromatic rings. The number of imidazole rings is 1. The molecular weight excluding hydrogens is 346 g/mol. The highest BCUT2D eigenvalue weighted by Gasteiger charge is 2.13. The summed E-state index contributed by atoms with van der Waals surface area (Å²) in [4.78, 5) is 5.71. The molecule has 0 aliphatic carbocycles. The highest BCUT2D eigenvalue weighted by Crippen LogP contribution is 2.22. The Morgan fingerprint density at radius 2 is 2.00 bits per heavy atom. The summed E-state index contributed by atoms with van der Waals surface area (Å²) in [6.45, 7) is 7.23. The Hall–Kier alpha value is -1.17. The van der Waals surface area contributed by atoms with Crippen LogP contribution in [0.15, 0.2) is 34.1 Å². The zero-order chi connectivity index (χ0) is 15.0. The van der Waals surface area contributed by atoms with Crippen molar-refractivity contribution in [3.63, 3.8) is 0 Å². The second-order valence-electron chi connectivity index (χ2n) is 5.29. The van der Waals surface area contributed by atoms with Gasteiger partial charge in [0.15, 0.2) is 4.96 Å². The summed E-state index contributed by atoms with van der Waals surface area (Å²) < 4.78 is 3.36. The Balaban J connectivity index is 1.78. The minimum absolute atomic E-state index is 0.307. The molecule has 0 fully saturated rings. The van der Waals surface area contributed by atoms with Crippen LogP contribution in [0.4, 0.5) is 0 Å². The molecule has 3 nitrogen and oxygen atoms in total. The monoisotopic (exact) mass is 363 g/mol. The van der Waals surface area contributed by atoms with Gasteiger partial charge in [0.05, 0.1) is 11.4 Å². The van der Waals surface area contributed by atoms with E-state index in [2.05, 4.69) is 81.0 Å². The molecule has 21 heavy (non-hydrogen) atoms. The lowest BCUT2D eigenvalue weighted by atomic mass is 10.1. The molecule has 0 amide bonds. The van der Waals surface area contributed by atoms with Gasteiger partial charge in [0.1, 0.15) is 0 Å². The van der Waals surface area contributed by atoms with Crippen LogP contribution < -0.4 is 5.32 Å². The summed E-state index contributed by atoms with van der Waals surface area (Å²) >= 11 is 5.17. The van der Waals surface area contributed by atoms with E-state index in [0.717, 1.165) is 21.7 Å². The number of benzene rings is 1. The van der Waals surface area contributed by atoms with Crippen LogP contribution in [-0.2, 0) is 6.54 Å². The van der Waals surface area contributed by atoms with Crippen molar-refractivity contribution in [2.45, 2.75) is 33.4 Å². The van der Waals surface area contributed by atoms with E-state index in [4.69, 9.17) is 0 Å². The van der Waals surface area contributed by atoms with E-state index in [-0.39, 0.29) is 0 Å². The fourth-order valence-corrected chi connectivity index (χ4v) is 3.69. The lowest BCUT2D eigenvalue weighted by Gasteiger charge is -2.14. The molecule has 0 aliphatic heterocycles. The second-order valence-corrected chi connectivity index (χ2v) is 7.05. The third-order valence-corrected chi connectivity index (χ3v) is 5.25. The van der Waals surface area contributed by atoms with E-state index < -0.39 is 0 Å². The lowest BCUT2D eigenvalue weighted by Crippen LogP contribution is -2.19. The number of nitrogens with zero attached hydrogens (tertiary/aromatic N) is 2. The first-order valence-corrected chi connectivity index (χ1v) is 8.64. The van der Waals surface area contributed by atoms with Crippen molar-refractivity contribution in [3.05, 3.63) is 56.8 Å². The molecule has 0 aliphatic rings. The van der Waals surface area contributed by atoms with Crippen molar-refractivity contribution in [2.75, 3.05) is 0 Å². The molecule has 0 spiro atoms. The van der Waals surface area contributed by atoms with Gasteiger partial charge < -0.3 is 5.32 Å². The summed E-state index contributed by atoms with van der Waals surface area (Å²) in [7, 11) is 0. The van der Waals surface area contributed by atoms with Crippen LogP contribution in [0.3, 0.4) is 0 Å². The second kappa shape index (κ2) is 5.91. The quantitative estimate of drug-likeness (QED) is 0.732. The maximum Gasteiger partial charge on any atom is 0.194 e. The van der Waals surface area contributed by atoms with Crippen molar-refractivity contribution in [3.8, 4) is 0 Å². The fraction of sp³-hybridized carbons (Fsp3) is 0.312. The first kappa shape index (κ1) is 14.8. The predicted octanol–water partition coefficient (Wildman–Crippen LogP) is 4.63. The number of aromatic nitrogens is 2. The van der Waals surface area contributed by atoms with Crippen molar-refractivity contribution >= 4 is 32.2 Å². The molecule has 2 heterocycles. The topological polar surface area (TPSA) is 29.3 Å². The Kier molecular flexibility index (Phi) is 4.15. The summed E-state index contributed by atoms with van der Waals surface area (Å²) in [5, 5.41) is 5.76. The van der Waals surface area contributed by atoms with Gasteiger partial charge in [0, 0.05) is 28.1 Å². The van der Waals surface area contributed by atoms with Crippen LogP contribution in [-0.4, -0.2) is 9.38 Å². The number of thiazole rings is 1. The summed E-state index contributed by atoms with van der Waals surface area (Å²) in [6.07, 6.45) is 0. The molecule has 1 unspecified atom stereocenters. The molecule has 0 saturated carbocycles. The van der Waals surface area contributed by atoms with Crippen molar-refractivity contribution in [1.29, 1.82) is 0 Å². The third kappa shape index (κ3) is 2.91. The van der Waals surface area contributed by atoms with Crippen molar-refractivity contribution in [1.82, 2.24) is 14.7 Å². The molecule has 2 aromatic heterocycles. The number of fused-ring (bicyclic) bond motifs is 1. The van der Waals surface area contributed by atoms with Crippen LogP contribution in [0, 0.1) is 13.8 Å². The normalized spacial score (nSPS) is 13.0. The number of halogens is 1. The molecule has 0 radical (unpaired) electrons. The van der Waals surface area contributed by atoms with E-state index in [0.29, 0.717) is 6.04 Å². The standard InChI is InChI=1S/C16H18BrN3S/c1-10-9-21-16-19-12(3)15(20(10)16)8-18-11(2)13-4-6-14(17)7-5-13/h4-7,9,11,18H,8H2,1-3H3. The maximum atomic E-state index is 4.63. The van der Waals surface area contributed by atoms with E-state index in [1.165, 1.54) is 17.0 Å². The first-order chi connectivity index (χ1) is 10.1. The molecule has 0 bridgehead atoms. The minimum Gasteiger partial charge on any atom is -0.305 e. The van der Waals surface area contributed by atoms with Crippen LogP contribution in [0.5, 0.6) is 0 Å². The third-order valence-electron chi connectivity index (χ3n) is 3.78. The smallest absolute Gasteiger partial charge is 0.194 e. The molecule has 3 rings (SSSR count). The Morgan fingerprint density at radius 1 is 1.29 bits per heavy atom. The van der Waals surface area contributed by atoms with Crippen LogP contribution in [0.25, 0.3) is 4.96 Å². The Labute approximate surface area is 137 Å². The van der Waals surface area contributed by atoms with E-state index >= 15 is 0 Å². The number of hydrogen-bond acceptors (Lipinski definition) is 3. The van der Waals surface area contributed by atoms with E-state index in [9.17, 15) is 0 Å². The molecule has 5 heteroatoms. The molecule has 1 aromatic carbocycles. The van der Waals surface area contributed by atoms with Gasteiger partial charge in [-0.2, -0.15) is 0 Å². The summed E-state index contributed by atoms with van der Waals surface area (Å²) in [5.41, 5.74) is 4.91. The molecule has 110 valence electrons. The Bertz CT molecular complexity index is 758. The molecule has 1 atom stereocenters. The zero-order valence-corrected chi connectivity index (χ0v) is 14.8. The van der Waals surface area contributed by atoms with Gasteiger partial charge in [-0.05, 0) is 38.5 Å². The van der Waals surface area contributed by atoms with Crippen LogP contribution in [0.1, 0.15) is 35.6 Å². The average Bonchev–Trinajstić information content (AvgIpc) is 2.97. The van der Waals surface area contributed by atoms with E-state index in [1.54, 1.807) is 11.3 Å². The van der Waals surface area contributed by atoms with Gasteiger partial charge in [-0.25, -0.2) is 4.98 Å². The SMILES string of the molecule is Cc1nc2scc(C)n2c1CNC(C)c1ccc(Br)cc1. The maximum absolute atomic E-state index is 4.63. The highest BCUT2D eigenvalue weighted by atomic mass is 79.9. The number of hydrogen-bond donors (Lipinski definition) is 1.